The van der Waals surface area contributed by atoms with Crippen LogP contribution in [-0.2, 0) is 6.42 Å². The minimum atomic E-state index is -0.308. The lowest BCUT2D eigenvalue weighted by atomic mass is 9.95. The van der Waals surface area contributed by atoms with Crippen molar-refractivity contribution in [2.45, 2.75) is 12.8 Å². The molecule has 142 valence electrons. The summed E-state index contributed by atoms with van der Waals surface area (Å²) in [6.45, 7) is 4.27. The number of rotatable bonds is 6. The zero-order valence-electron chi connectivity index (χ0n) is 16.2. The Morgan fingerprint density at radius 1 is 0.828 bits per heavy atom. The highest BCUT2D eigenvalue weighted by Gasteiger charge is 2.15. The molecule has 0 aliphatic heterocycles. The van der Waals surface area contributed by atoms with Crippen molar-refractivity contribution in [1.29, 1.82) is 0 Å². The fourth-order valence-electron chi connectivity index (χ4n) is 3.50. The van der Waals surface area contributed by atoms with Gasteiger partial charge in [-0.1, -0.05) is 103 Å². The highest BCUT2D eigenvalue weighted by molar-refractivity contribution is 5.88. The van der Waals surface area contributed by atoms with Crippen molar-refractivity contribution < 1.29 is 4.42 Å². The van der Waals surface area contributed by atoms with E-state index in [0.717, 1.165) is 28.5 Å². The normalized spacial score (nSPS) is 11.2. The third-order valence-electron chi connectivity index (χ3n) is 4.92. The van der Waals surface area contributed by atoms with Gasteiger partial charge in [0.05, 0.1) is 5.39 Å². The fourth-order valence-corrected chi connectivity index (χ4v) is 3.50. The molecule has 0 saturated heterocycles. The van der Waals surface area contributed by atoms with E-state index < -0.39 is 0 Å². The second kappa shape index (κ2) is 8.57. The van der Waals surface area contributed by atoms with Gasteiger partial charge in [0, 0.05) is 11.1 Å². The molecular formula is C27H22O2. The SMILES string of the molecule is C=C(C/C=C/c1ccccc1)Cc1c(-c2ccccc2)oc(=O)c2ccccc12. The molecule has 0 N–H and O–H groups in total. The maximum absolute atomic E-state index is 12.5. The summed E-state index contributed by atoms with van der Waals surface area (Å²) in [4.78, 5) is 12.5. The van der Waals surface area contributed by atoms with Crippen LogP contribution in [0.25, 0.3) is 28.2 Å². The van der Waals surface area contributed by atoms with Gasteiger partial charge >= 0.3 is 5.63 Å². The first kappa shape index (κ1) is 18.7. The van der Waals surface area contributed by atoms with Gasteiger partial charge in [-0.05, 0) is 29.9 Å². The van der Waals surface area contributed by atoms with Gasteiger partial charge in [-0.2, -0.15) is 0 Å². The van der Waals surface area contributed by atoms with Gasteiger partial charge in [-0.3, -0.25) is 0 Å². The summed E-state index contributed by atoms with van der Waals surface area (Å²) < 4.78 is 5.77. The number of benzene rings is 3. The largest absolute Gasteiger partial charge is 0.422 e. The van der Waals surface area contributed by atoms with Crippen LogP contribution in [-0.4, -0.2) is 0 Å². The highest BCUT2D eigenvalue weighted by Crippen LogP contribution is 2.30. The Morgan fingerprint density at radius 3 is 2.17 bits per heavy atom. The predicted molar refractivity (Wildman–Crippen MR) is 121 cm³/mol. The van der Waals surface area contributed by atoms with Gasteiger partial charge in [0.1, 0.15) is 5.76 Å². The Morgan fingerprint density at radius 2 is 1.45 bits per heavy atom. The molecule has 2 nitrogen and oxygen atoms in total. The molecule has 2 heteroatoms. The third kappa shape index (κ3) is 4.27. The molecule has 1 heterocycles. The van der Waals surface area contributed by atoms with Gasteiger partial charge in [0.2, 0.25) is 0 Å². The molecule has 0 radical (unpaired) electrons. The van der Waals surface area contributed by atoms with Crippen LogP contribution in [0, 0.1) is 0 Å². The first-order valence-electron chi connectivity index (χ1n) is 9.71. The van der Waals surface area contributed by atoms with E-state index in [4.69, 9.17) is 4.42 Å². The molecular weight excluding hydrogens is 356 g/mol. The maximum atomic E-state index is 12.5. The average Bonchev–Trinajstić information content (AvgIpc) is 2.77. The number of hydrogen-bond acceptors (Lipinski definition) is 2. The smallest absolute Gasteiger partial charge is 0.344 e. The van der Waals surface area contributed by atoms with Gasteiger partial charge in [-0.15, -0.1) is 0 Å². The quantitative estimate of drug-likeness (QED) is 0.351. The molecule has 0 saturated carbocycles. The molecule has 0 spiro atoms. The van der Waals surface area contributed by atoms with Crippen LogP contribution in [0.2, 0.25) is 0 Å². The Labute approximate surface area is 170 Å². The Kier molecular flexibility index (Phi) is 5.53. The van der Waals surface area contributed by atoms with Crippen LogP contribution in [0.15, 0.2) is 112 Å². The van der Waals surface area contributed by atoms with Crippen molar-refractivity contribution in [3.63, 3.8) is 0 Å². The van der Waals surface area contributed by atoms with E-state index in [1.807, 2.05) is 72.8 Å². The Hall–Kier alpha value is -3.65. The Balaban J connectivity index is 1.68. The first-order chi connectivity index (χ1) is 14.2. The zero-order chi connectivity index (χ0) is 20.1. The van der Waals surface area contributed by atoms with E-state index >= 15 is 0 Å². The van der Waals surface area contributed by atoms with E-state index in [1.165, 1.54) is 5.56 Å². The molecule has 0 unspecified atom stereocenters. The van der Waals surface area contributed by atoms with E-state index in [2.05, 4.69) is 30.9 Å². The second-order valence-corrected chi connectivity index (χ2v) is 7.05. The standard InChI is InChI=1S/C27H22O2/c1-20(11-10-14-21-12-4-2-5-13-21)19-25-23-17-8-9-18-24(23)27(28)29-26(25)22-15-6-3-7-16-22/h2-10,12-18H,1,11,19H2/b14-10+. The molecule has 29 heavy (non-hydrogen) atoms. The fraction of sp³-hybridized carbons (Fsp3) is 0.0741. The molecule has 3 aromatic carbocycles. The summed E-state index contributed by atoms with van der Waals surface area (Å²) >= 11 is 0. The van der Waals surface area contributed by atoms with E-state index in [0.29, 0.717) is 17.6 Å². The lowest BCUT2D eigenvalue weighted by Gasteiger charge is -2.12. The molecule has 0 fully saturated rings. The summed E-state index contributed by atoms with van der Waals surface area (Å²) in [6.07, 6.45) is 5.64. The zero-order valence-corrected chi connectivity index (χ0v) is 16.2. The van der Waals surface area contributed by atoms with Crippen molar-refractivity contribution in [3.05, 3.63) is 125 Å². The minimum Gasteiger partial charge on any atom is -0.422 e. The van der Waals surface area contributed by atoms with Gasteiger partial charge < -0.3 is 4.42 Å². The molecule has 0 atom stereocenters. The van der Waals surface area contributed by atoms with Crippen molar-refractivity contribution in [2.24, 2.45) is 0 Å². The van der Waals surface area contributed by atoms with Gasteiger partial charge in [0.15, 0.2) is 0 Å². The molecule has 1 aromatic heterocycles. The predicted octanol–water partition coefficient (Wildman–Crippen LogP) is 6.66. The second-order valence-electron chi connectivity index (χ2n) is 7.05. The van der Waals surface area contributed by atoms with Crippen molar-refractivity contribution in [2.75, 3.05) is 0 Å². The van der Waals surface area contributed by atoms with E-state index in [-0.39, 0.29) is 5.63 Å². The summed E-state index contributed by atoms with van der Waals surface area (Å²) in [7, 11) is 0. The monoisotopic (exact) mass is 378 g/mol. The molecule has 0 aliphatic carbocycles. The van der Waals surface area contributed by atoms with Crippen LogP contribution < -0.4 is 5.63 Å². The van der Waals surface area contributed by atoms with E-state index in [9.17, 15) is 4.79 Å². The van der Waals surface area contributed by atoms with Crippen molar-refractivity contribution in [3.8, 4) is 11.3 Å². The lowest BCUT2D eigenvalue weighted by Crippen LogP contribution is -2.05. The summed E-state index contributed by atoms with van der Waals surface area (Å²) in [5, 5.41) is 1.53. The van der Waals surface area contributed by atoms with Crippen LogP contribution >= 0.6 is 0 Å². The summed E-state index contributed by atoms with van der Waals surface area (Å²) in [5.74, 6) is 0.627. The minimum absolute atomic E-state index is 0.308. The third-order valence-corrected chi connectivity index (χ3v) is 4.92. The Bertz CT molecular complexity index is 1220. The number of fused-ring (bicyclic) bond motifs is 1. The maximum Gasteiger partial charge on any atom is 0.344 e. The van der Waals surface area contributed by atoms with Crippen LogP contribution in [0.1, 0.15) is 17.5 Å². The summed E-state index contributed by atoms with van der Waals surface area (Å²) in [6, 6.07) is 27.6. The first-order valence-corrected chi connectivity index (χ1v) is 9.71. The van der Waals surface area contributed by atoms with Gasteiger partial charge in [-0.25, -0.2) is 4.79 Å². The molecule has 0 aliphatic rings. The highest BCUT2D eigenvalue weighted by atomic mass is 16.4. The number of allylic oxidation sites excluding steroid dienone is 2. The number of hydrogen-bond donors (Lipinski definition) is 0. The summed E-state index contributed by atoms with van der Waals surface area (Å²) in [5.41, 5.74) is 3.83. The van der Waals surface area contributed by atoms with Crippen LogP contribution in [0.4, 0.5) is 0 Å². The molecule has 4 rings (SSSR count). The van der Waals surface area contributed by atoms with Crippen LogP contribution in [0.5, 0.6) is 0 Å². The topological polar surface area (TPSA) is 30.2 Å². The van der Waals surface area contributed by atoms with E-state index in [1.54, 1.807) is 0 Å². The molecule has 0 bridgehead atoms. The lowest BCUT2D eigenvalue weighted by molar-refractivity contribution is 0.530. The van der Waals surface area contributed by atoms with Crippen molar-refractivity contribution >= 4 is 16.8 Å². The van der Waals surface area contributed by atoms with Crippen molar-refractivity contribution in [1.82, 2.24) is 0 Å². The van der Waals surface area contributed by atoms with Gasteiger partial charge in [0.25, 0.3) is 0 Å². The average molecular weight is 378 g/mol. The molecule has 4 aromatic rings. The van der Waals surface area contributed by atoms with Crippen LogP contribution in [0.3, 0.4) is 0 Å². The molecule has 0 amide bonds.